The predicted molar refractivity (Wildman–Crippen MR) is 84.7 cm³/mol. The van der Waals surface area contributed by atoms with Gasteiger partial charge >= 0.3 is 6.09 Å². The monoisotopic (exact) mass is 302 g/mol. The van der Waals surface area contributed by atoms with E-state index in [0.29, 0.717) is 5.69 Å². The summed E-state index contributed by atoms with van der Waals surface area (Å²) in [7, 11) is 2.96. The molecule has 2 aromatic carbocycles. The molecular formula is C17H20NO4. The van der Waals surface area contributed by atoms with Gasteiger partial charge < -0.3 is 14.2 Å². The number of rotatable bonds is 5. The summed E-state index contributed by atoms with van der Waals surface area (Å²) in [5.41, 5.74) is 0.638. The zero-order chi connectivity index (χ0) is 16.2. The Labute approximate surface area is 130 Å². The van der Waals surface area contributed by atoms with Crippen LogP contribution in [0.1, 0.15) is 13.8 Å². The normalized spacial score (nSPS) is 11.5. The van der Waals surface area contributed by atoms with E-state index in [1.54, 1.807) is 13.8 Å². The Hall–Kier alpha value is -2.11. The lowest BCUT2D eigenvalue weighted by atomic mass is 10.1. The Kier molecular flexibility index (Phi) is 5.00. The van der Waals surface area contributed by atoms with Gasteiger partial charge in [-0.05, 0) is 24.4 Å². The summed E-state index contributed by atoms with van der Waals surface area (Å²) in [5, 5.41) is 1.75. The van der Waals surface area contributed by atoms with Crippen molar-refractivity contribution >= 4 is 22.6 Å². The lowest BCUT2D eigenvalue weighted by Gasteiger charge is -2.37. The Bertz CT molecular complexity index is 647. The van der Waals surface area contributed by atoms with Crippen molar-refractivity contribution in [3.63, 3.8) is 0 Å². The summed E-state index contributed by atoms with van der Waals surface area (Å²) in [6, 6.07) is 14.4. The third kappa shape index (κ3) is 2.91. The Balaban J connectivity index is 2.64. The molecule has 2 aromatic rings. The van der Waals surface area contributed by atoms with Crippen LogP contribution in [0, 0.1) is 6.07 Å². The van der Waals surface area contributed by atoms with Crippen LogP contribution in [0.2, 0.25) is 0 Å². The molecule has 5 nitrogen and oxygen atoms in total. The van der Waals surface area contributed by atoms with Crippen LogP contribution in [0.5, 0.6) is 0 Å². The van der Waals surface area contributed by atoms with E-state index in [2.05, 4.69) is 6.07 Å². The Morgan fingerprint density at radius 2 is 1.95 bits per heavy atom. The van der Waals surface area contributed by atoms with Gasteiger partial charge in [0.25, 0.3) is 5.91 Å². The molecule has 0 aliphatic rings. The number of methoxy groups -OCH3 is 2. The fourth-order valence-corrected chi connectivity index (χ4v) is 2.27. The highest BCUT2D eigenvalue weighted by atomic mass is 16.7. The second-order valence-corrected chi connectivity index (χ2v) is 4.75. The van der Waals surface area contributed by atoms with Gasteiger partial charge in [-0.3, -0.25) is 0 Å². The molecule has 22 heavy (non-hydrogen) atoms. The number of nitrogens with zero attached hydrogens (tertiary/aromatic N) is 1. The number of benzene rings is 2. The summed E-state index contributed by atoms with van der Waals surface area (Å²) in [6.45, 7) is 3.68. The topological polar surface area (TPSA) is 48.0 Å². The molecule has 0 aliphatic heterocycles. The van der Waals surface area contributed by atoms with Crippen LogP contribution in [0.15, 0.2) is 36.4 Å². The maximum absolute atomic E-state index is 12.5. The zero-order valence-electron chi connectivity index (χ0n) is 13.3. The average Bonchev–Trinajstić information content (AvgIpc) is 2.55. The molecule has 0 aliphatic carbocycles. The molecule has 0 saturated heterocycles. The quantitative estimate of drug-likeness (QED) is 0.792. The third-order valence-electron chi connectivity index (χ3n) is 3.54. The van der Waals surface area contributed by atoms with Crippen LogP contribution in [0.25, 0.3) is 10.8 Å². The van der Waals surface area contributed by atoms with Crippen LogP contribution in [0.3, 0.4) is 0 Å². The van der Waals surface area contributed by atoms with Crippen LogP contribution in [-0.2, 0) is 14.2 Å². The highest BCUT2D eigenvalue weighted by Gasteiger charge is 2.39. The van der Waals surface area contributed by atoms with Crippen LogP contribution in [0.4, 0.5) is 10.5 Å². The standard InChI is InChI=1S/C17H20NO4/c1-5-22-16(19)18(17(2,20-3)21-4)15-12-8-10-13-9-6-7-11-14(13)15/h6-8,10-12H,5H2,1-4H3. The summed E-state index contributed by atoms with van der Waals surface area (Å²) in [5.74, 6) is -1.28. The van der Waals surface area contributed by atoms with Gasteiger partial charge in [-0.15, -0.1) is 0 Å². The third-order valence-corrected chi connectivity index (χ3v) is 3.54. The maximum Gasteiger partial charge on any atom is 0.418 e. The number of ether oxygens (including phenoxy) is 3. The molecule has 2 rings (SSSR count). The van der Waals surface area contributed by atoms with E-state index < -0.39 is 12.0 Å². The molecule has 0 N–H and O–H groups in total. The minimum absolute atomic E-state index is 0.260. The summed E-state index contributed by atoms with van der Waals surface area (Å²) >= 11 is 0. The first-order valence-electron chi connectivity index (χ1n) is 7.04. The minimum Gasteiger partial charge on any atom is -0.449 e. The van der Waals surface area contributed by atoms with Gasteiger partial charge in [-0.25, -0.2) is 9.69 Å². The smallest absolute Gasteiger partial charge is 0.418 e. The lowest BCUT2D eigenvalue weighted by Crippen LogP contribution is -2.53. The molecule has 0 unspecified atom stereocenters. The lowest BCUT2D eigenvalue weighted by molar-refractivity contribution is -0.188. The van der Waals surface area contributed by atoms with E-state index in [-0.39, 0.29) is 6.61 Å². The second kappa shape index (κ2) is 6.77. The summed E-state index contributed by atoms with van der Waals surface area (Å²) < 4.78 is 16.0. The van der Waals surface area contributed by atoms with Crippen molar-refractivity contribution in [2.75, 3.05) is 25.7 Å². The van der Waals surface area contributed by atoms with E-state index in [1.165, 1.54) is 19.1 Å². The van der Waals surface area contributed by atoms with Crippen molar-refractivity contribution in [1.82, 2.24) is 0 Å². The fraction of sp³-hybridized carbons (Fsp3) is 0.353. The second-order valence-electron chi connectivity index (χ2n) is 4.75. The van der Waals surface area contributed by atoms with Crippen molar-refractivity contribution in [3.05, 3.63) is 42.5 Å². The van der Waals surface area contributed by atoms with Crippen LogP contribution < -0.4 is 4.90 Å². The zero-order valence-corrected chi connectivity index (χ0v) is 13.3. The van der Waals surface area contributed by atoms with Gasteiger partial charge in [0.1, 0.15) is 0 Å². The van der Waals surface area contributed by atoms with Crippen molar-refractivity contribution < 1.29 is 19.0 Å². The molecule has 0 atom stereocenters. The molecule has 0 fully saturated rings. The first-order chi connectivity index (χ1) is 10.6. The van der Waals surface area contributed by atoms with E-state index >= 15 is 0 Å². The Morgan fingerprint density at radius 3 is 2.59 bits per heavy atom. The van der Waals surface area contributed by atoms with E-state index in [9.17, 15) is 4.79 Å². The van der Waals surface area contributed by atoms with Crippen molar-refractivity contribution in [1.29, 1.82) is 0 Å². The Morgan fingerprint density at radius 1 is 1.23 bits per heavy atom. The molecule has 1 amide bonds. The SMILES string of the molecule is CCOC(=O)N(c1cccc2[c]cccc12)C(C)(OC)OC. The van der Waals surface area contributed by atoms with Gasteiger partial charge in [0.15, 0.2) is 0 Å². The van der Waals surface area contributed by atoms with Gasteiger partial charge in [-0.2, -0.15) is 0 Å². The average molecular weight is 302 g/mol. The fourth-order valence-electron chi connectivity index (χ4n) is 2.27. The molecule has 0 saturated carbocycles. The number of carbonyl (C=O) groups excluding carboxylic acids is 1. The van der Waals surface area contributed by atoms with E-state index in [4.69, 9.17) is 14.2 Å². The maximum atomic E-state index is 12.5. The number of carbonyl (C=O) groups is 1. The van der Waals surface area contributed by atoms with E-state index in [1.807, 2.05) is 36.4 Å². The molecule has 5 heteroatoms. The van der Waals surface area contributed by atoms with Crippen LogP contribution in [-0.4, -0.2) is 32.8 Å². The number of hydrogen-bond acceptors (Lipinski definition) is 4. The molecule has 0 spiro atoms. The van der Waals surface area contributed by atoms with Crippen LogP contribution >= 0.6 is 0 Å². The highest BCUT2D eigenvalue weighted by Crippen LogP contribution is 2.33. The highest BCUT2D eigenvalue weighted by molar-refractivity contribution is 6.01. The molecule has 0 heterocycles. The largest absolute Gasteiger partial charge is 0.449 e. The molecule has 0 bridgehead atoms. The number of amides is 1. The molecule has 0 aromatic heterocycles. The van der Waals surface area contributed by atoms with Crippen molar-refractivity contribution in [2.45, 2.75) is 19.8 Å². The molecular weight excluding hydrogens is 282 g/mol. The predicted octanol–water partition coefficient (Wildman–Crippen LogP) is 3.57. The van der Waals surface area contributed by atoms with E-state index in [0.717, 1.165) is 10.8 Å². The van der Waals surface area contributed by atoms with Gasteiger partial charge in [0, 0.05) is 26.5 Å². The van der Waals surface area contributed by atoms with Crippen molar-refractivity contribution in [3.8, 4) is 0 Å². The minimum atomic E-state index is -1.28. The molecule has 117 valence electrons. The first-order valence-corrected chi connectivity index (χ1v) is 7.04. The summed E-state index contributed by atoms with van der Waals surface area (Å²) in [4.78, 5) is 13.9. The number of hydrogen-bond donors (Lipinski definition) is 0. The van der Waals surface area contributed by atoms with Gasteiger partial charge in [0.2, 0.25) is 0 Å². The number of fused-ring (bicyclic) bond motifs is 1. The van der Waals surface area contributed by atoms with Crippen molar-refractivity contribution in [2.24, 2.45) is 0 Å². The summed E-state index contributed by atoms with van der Waals surface area (Å²) in [6.07, 6.45) is -0.537. The number of anilines is 1. The molecule has 1 radical (unpaired) electrons. The van der Waals surface area contributed by atoms with Gasteiger partial charge in [0.05, 0.1) is 12.3 Å². The van der Waals surface area contributed by atoms with Gasteiger partial charge in [-0.1, -0.05) is 30.3 Å². The first kappa shape index (κ1) is 16.3.